The topological polar surface area (TPSA) is 80.4 Å². The molecule has 0 aliphatic carbocycles. The second-order valence-electron chi connectivity index (χ2n) is 3.85. The number of aldehydes is 1. The number of aromatic carboxylic acids is 1. The zero-order valence-electron chi connectivity index (χ0n) is 9.46. The molecule has 2 aromatic rings. The Labute approximate surface area is 104 Å². The normalized spacial score (nSPS) is 10.0. The Morgan fingerprint density at radius 1 is 1.11 bits per heavy atom. The highest BCUT2D eigenvalue weighted by molar-refractivity contribution is 5.95. The first-order valence-corrected chi connectivity index (χ1v) is 5.30. The number of hydrogen-bond donors (Lipinski definition) is 2. The molecule has 0 aliphatic rings. The molecule has 0 atom stereocenters. The summed E-state index contributed by atoms with van der Waals surface area (Å²) in [5.41, 5.74) is 7.90. The van der Waals surface area contributed by atoms with Crippen LogP contribution in [0.15, 0.2) is 42.5 Å². The minimum absolute atomic E-state index is 0.0593. The molecule has 0 heterocycles. The van der Waals surface area contributed by atoms with Gasteiger partial charge in [-0.15, -0.1) is 0 Å². The van der Waals surface area contributed by atoms with Crippen LogP contribution in [0.5, 0.6) is 0 Å². The van der Waals surface area contributed by atoms with Crippen molar-refractivity contribution in [1.82, 2.24) is 0 Å². The van der Waals surface area contributed by atoms with Gasteiger partial charge in [-0.3, -0.25) is 4.79 Å². The first kappa shape index (κ1) is 11.9. The van der Waals surface area contributed by atoms with Gasteiger partial charge in [0.1, 0.15) is 6.29 Å². The number of carboxylic acid groups (broad SMARTS) is 1. The number of carbonyl (C=O) groups is 2. The third-order valence-corrected chi connectivity index (χ3v) is 2.64. The second-order valence-corrected chi connectivity index (χ2v) is 3.85. The monoisotopic (exact) mass is 241 g/mol. The van der Waals surface area contributed by atoms with E-state index < -0.39 is 5.97 Å². The molecule has 3 N–H and O–H groups in total. The average molecular weight is 241 g/mol. The summed E-state index contributed by atoms with van der Waals surface area (Å²) in [5, 5.41) is 9.00. The lowest BCUT2D eigenvalue weighted by molar-refractivity contribution is 0.0698. The Morgan fingerprint density at radius 3 is 2.50 bits per heavy atom. The number of anilines is 1. The summed E-state index contributed by atoms with van der Waals surface area (Å²) < 4.78 is 0. The molecule has 4 heteroatoms. The highest BCUT2D eigenvalue weighted by Gasteiger charge is 2.09. The number of benzene rings is 2. The average Bonchev–Trinajstić information content (AvgIpc) is 2.39. The third kappa shape index (κ3) is 2.22. The van der Waals surface area contributed by atoms with Gasteiger partial charge in [-0.1, -0.05) is 24.3 Å². The van der Waals surface area contributed by atoms with Gasteiger partial charge in [0.2, 0.25) is 0 Å². The summed E-state index contributed by atoms with van der Waals surface area (Å²) in [4.78, 5) is 21.7. The predicted molar refractivity (Wildman–Crippen MR) is 68.6 cm³/mol. The Balaban J connectivity index is 2.53. The maximum atomic E-state index is 11.0. The van der Waals surface area contributed by atoms with Crippen LogP contribution in [0, 0.1) is 0 Å². The van der Waals surface area contributed by atoms with Crippen molar-refractivity contribution in [2.75, 3.05) is 5.73 Å². The van der Waals surface area contributed by atoms with Crippen LogP contribution >= 0.6 is 0 Å². The van der Waals surface area contributed by atoms with Crippen LogP contribution in [0.1, 0.15) is 20.7 Å². The number of rotatable bonds is 3. The molecule has 4 nitrogen and oxygen atoms in total. The lowest BCUT2D eigenvalue weighted by Gasteiger charge is -2.06. The van der Waals surface area contributed by atoms with E-state index in [-0.39, 0.29) is 11.3 Å². The number of carbonyl (C=O) groups excluding carboxylic acids is 1. The van der Waals surface area contributed by atoms with E-state index >= 15 is 0 Å². The molecular formula is C14H11NO3. The summed E-state index contributed by atoms with van der Waals surface area (Å²) in [6.07, 6.45) is 0.749. The molecule has 0 aliphatic heterocycles. The minimum atomic E-state index is -1.07. The minimum Gasteiger partial charge on any atom is -0.478 e. The number of hydrogen-bond acceptors (Lipinski definition) is 3. The van der Waals surface area contributed by atoms with Crippen LogP contribution < -0.4 is 5.73 Å². The fraction of sp³-hybridized carbons (Fsp3) is 0. The second kappa shape index (κ2) is 4.71. The smallest absolute Gasteiger partial charge is 0.337 e. The van der Waals surface area contributed by atoms with Gasteiger partial charge < -0.3 is 10.8 Å². The maximum Gasteiger partial charge on any atom is 0.337 e. The SMILES string of the molecule is Nc1ccc(-c2cccc(C=O)c2)cc1C(=O)O. The van der Waals surface area contributed by atoms with E-state index in [0.717, 1.165) is 11.8 Å². The molecule has 0 amide bonds. The number of carboxylic acids is 1. The standard InChI is InChI=1S/C14H11NO3/c15-13-5-4-11(7-12(13)14(17)18)10-3-1-2-9(6-10)8-16/h1-8H,15H2,(H,17,18). The van der Waals surface area contributed by atoms with Gasteiger partial charge >= 0.3 is 5.97 Å². The molecule has 18 heavy (non-hydrogen) atoms. The molecular weight excluding hydrogens is 230 g/mol. The molecule has 2 rings (SSSR count). The summed E-state index contributed by atoms with van der Waals surface area (Å²) in [5.74, 6) is -1.07. The van der Waals surface area contributed by atoms with Crippen molar-refractivity contribution in [2.45, 2.75) is 0 Å². The van der Waals surface area contributed by atoms with E-state index in [4.69, 9.17) is 10.8 Å². The van der Waals surface area contributed by atoms with E-state index in [1.165, 1.54) is 6.07 Å². The van der Waals surface area contributed by atoms with E-state index in [0.29, 0.717) is 11.1 Å². The van der Waals surface area contributed by atoms with Crippen LogP contribution in [-0.4, -0.2) is 17.4 Å². The molecule has 0 unspecified atom stereocenters. The number of nitrogen functional groups attached to an aromatic ring is 1. The van der Waals surface area contributed by atoms with Gasteiger partial charge in [0.15, 0.2) is 0 Å². The molecule has 0 radical (unpaired) electrons. The lowest BCUT2D eigenvalue weighted by atomic mass is 10.0. The largest absolute Gasteiger partial charge is 0.478 e. The van der Waals surface area contributed by atoms with Crippen LogP contribution in [0.4, 0.5) is 5.69 Å². The summed E-state index contributed by atoms with van der Waals surface area (Å²) in [7, 11) is 0. The van der Waals surface area contributed by atoms with Crippen molar-refractivity contribution in [2.24, 2.45) is 0 Å². The maximum absolute atomic E-state index is 11.0. The van der Waals surface area contributed by atoms with Gasteiger partial charge in [-0.05, 0) is 29.3 Å². The Morgan fingerprint density at radius 2 is 1.83 bits per heavy atom. The van der Waals surface area contributed by atoms with E-state index in [1.807, 2.05) is 6.07 Å². The van der Waals surface area contributed by atoms with Crippen molar-refractivity contribution in [3.05, 3.63) is 53.6 Å². The van der Waals surface area contributed by atoms with Crippen LogP contribution in [0.3, 0.4) is 0 Å². The van der Waals surface area contributed by atoms with Gasteiger partial charge in [0.05, 0.1) is 5.56 Å². The fourth-order valence-electron chi connectivity index (χ4n) is 1.71. The summed E-state index contributed by atoms with van der Waals surface area (Å²) >= 11 is 0. The highest BCUT2D eigenvalue weighted by atomic mass is 16.4. The van der Waals surface area contributed by atoms with Gasteiger partial charge in [0, 0.05) is 11.3 Å². The molecule has 0 saturated carbocycles. The van der Waals surface area contributed by atoms with Crippen LogP contribution in [-0.2, 0) is 0 Å². The Bertz CT molecular complexity index is 620. The summed E-state index contributed by atoms with van der Waals surface area (Å²) in [6, 6.07) is 11.7. The number of nitrogens with two attached hydrogens (primary N) is 1. The summed E-state index contributed by atoms with van der Waals surface area (Å²) in [6.45, 7) is 0. The molecule has 0 aromatic heterocycles. The molecule has 2 aromatic carbocycles. The van der Waals surface area contributed by atoms with Crippen molar-refractivity contribution >= 4 is 17.9 Å². The van der Waals surface area contributed by atoms with E-state index in [2.05, 4.69) is 0 Å². The Kier molecular flexibility index (Phi) is 3.10. The molecule has 90 valence electrons. The fourth-order valence-corrected chi connectivity index (χ4v) is 1.71. The van der Waals surface area contributed by atoms with Crippen LogP contribution in [0.2, 0.25) is 0 Å². The van der Waals surface area contributed by atoms with Crippen molar-refractivity contribution in [1.29, 1.82) is 0 Å². The Hall–Kier alpha value is -2.62. The first-order chi connectivity index (χ1) is 8.61. The lowest BCUT2D eigenvalue weighted by Crippen LogP contribution is -2.02. The highest BCUT2D eigenvalue weighted by Crippen LogP contribution is 2.24. The van der Waals surface area contributed by atoms with Crippen molar-refractivity contribution < 1.29 is 14.7 Å². The molecule has 0 fully saturated rings. The quantitative estimate of drug-likeness (QED) is 0.638. The van der Waals surface area contributed by atoms with E-state index in [9.17, 15) is 9.59 Å². The van der Waals surface area contributed by atoms with Gasteiger partial charge in [-0.25, -0.2) is 4.79 Å². The van der Waals surface area contributed by atoms with Gasteiger partial charge in [-0.2, -0.15) is 0 Å². The van der Waals surface area contributed by atoms with Crippen molar-refractivity contribution in [3.63, 3.8) is 0 Å². The van der Waals surface area contributed by atoms with Crippen LogP contribution in [0.25, 0.3) is 11.1 Å². The zero-order valence-corrected chi connectivity index (χ0v) is 9.46. The molecule has 0 bridgehead atoms. The van der Waals surface area contributed by atoms with Crippen molar-refractivity contribution in [3.8, 4) is 11.1 Å². The molecule has 0 saturated heterocycles. The molecule has 0 spiro atoms. The predicted octanol–water partition coefficient (Wildman–Crippen LogP) is 2.45. The van der Waals surface area contributed by atoms with Gasteiger partial charge in [0.25, 0.3) is 0 Å². The van der Waals surface area contributed by atoms with E-state index in [1.54, 1.807) is 30.3 Å². The first-order valence-electron chi connectivity index (χ1n) is 5.30. The zero-order chi connectivity index (χ0) is 13.1. The third-order valence-electron chi connectivity index (χ3n) is 2.64.